The first kappa shape index (κ1) is 34.9. The Balaban J connectivity index is 1.34. The van der Waals surface area contributed by atoms with Crippen LogP contribution in [0.5, 0.6) is 5.75 Å². The van der Waals surface area contributed by atoms with Crippen LogP contribution in [0.4, 0.5) is 10.5 Å². The van der Waals surface area contributed by atoms with Crippen LogP contribution in [0, 0.1) is 6.92 Å². The first-order valence-corrected chi connectivity index (χ1v) is 15.5. The summed E-state index contributed by atoms with van der Waals surface area (Å²) in [5.74, 6) is -3.11. The van der Waals surface area contributed by atoms with Gasteiger partial charge in [0, 0.05) is 24.6 Å². The number of fused-ring (bicyclic) bond motifs is 1. The normalized spacial score (nSPS) is 14.6. The van der Waals surface area contributed by atoms with E-state index in [-0.39, 0.29) is 43.2 Å². The maximum absolute atomic E-state index is 14.3. The summed E-state index contributed by atoms with van der Waals surface area (Å²) in [4.78, 5) is 78.8. The van der Waals surface area contributed by atoms with Crippen molar-refractivity contribution in [3.63, 3.8) is 0 Å². The Labute approximate surface area is 283 Å². The van der Waals surface area contributed by atoms with Crippen molar-refractivity contribution >= 4 is 35.3 Å². The highest BCUT2D eigenvalue weighted by Gasteiger charge is 2.42. The van der Waals surface area contributed by atoms with E-state index in [1.54, 1.807) is 48.5 Å². The van der Waals surface area contributed by atoms with Crippen molar-refractivity contribution in [3.05, 3.63) is 99.9 Å². The number of anilines is 1. The maximum Gasteiger partial charge on any atom is 0.408 e. The quantitative estimate of drug-likeness (QED) is 0.138. The average molecular weight is 688 g/mol. The van der Waals surface area contributed by atoms with Gasteiger partial charge in [-0.3, -0.25) is 24.1 Å². The number of carboxylic acids is 1. The number of Topliss-reactive ketones (excluding diaryl/α,β-unsaturated/α-hetero) is 1. The summed E-state index contributed by atoms with van der Waals surface area (Å²) in [7, 11) is 0. The van der Waals surface area contributed by atoms with E-state index in [1.165, 1.54) is 17.9 Å². The lowest BCUT2D eigenvalue weighted by atomic mass is 10.1. The zero-order chi connectivity index (χ0) is 35.6. The number of hydrogen-bond donors (Lipinski definition) is 4. The molecule has 2 aromatic heterocycles. The van der Waals surface area contributed by atoms with Gasteiger partial charge < -0.3 is 29.6 Å². The van der Waals surface area contributed by atoms with Crippen LogP contribution in [-0.2, 0) is 43.4 Å². The number of tetrazole rings is 1. The van der Waals surface area contributed by atoms with Gasteiger partial charge >= 0.3 is 17.7 Å². The number of rotatable bonds is 15. The lowest BCUT2D eigenvalue weighted by Gasteiger charge is -2.30. The van der Waals surface area contributed by atoms with Crippen molar-refractivity contribution < 1.29 is 43.0 Å². The van der Waals surface area contributed by atoms with Crippen molar-refractivity contribution in [2.45, 2.75) is 57.3 Å². The molecule has 4 N–H and O–H groups in total. The fourth-order valence-electron chi connectivity index (χ4n) is 5.36. The van der Waals surface area contributed by atoms with Gasteiger partial charge in [0.15, 0.2) is 11.6 Å². The lowest BCUT2D eigenvalue weighted by molar-refractivity contribution is -0.140. The van der Waals surface area contributed by atoms with Crippen molar-refractivity contribution in [2.24, 2.45) is 0 Å². The van der Waals surface area contributed by atoms with Gasteiger partial charge in [-0.05, 0) is 30.5 Å². The van der Waals surface area contributed by atoms with Gasteiger partial charge in [-0.1, -0.05) is 53.7 Å². The van der Waals surface area contributed by atoms with Gasteiger partial charge in [-0.2, -0.15) is 5.21 Å². The molecule has 3 heterocycles. The second-order valence-electron chi connectivity index (χ2n) is 11.3. The standard InChI is InChI=1S/C33H33N7O10/c1-19-13-22(15-30(44)50-19)48-18-27(41)24(16-29(42)43)34-31(45)26-14-21-9-5-6-10-25(21)40(26)32(46)23(11-12-28-36-38-39-37-28)35-33(47)49-17-20-7-3-2-4-8-20/h2-10,13,15,23-24,26H,11-12,14,16-18H2,1H3,(H,34,45)(H,35,47)(H,42,43)(H,36,37,38,39)/t23-,24-,26-/m0/s1. The number of alkyl carbamates (subject to hydrolysis) is 1. The summed E-state index contributed by atoms with van der Waals surface area (Å²) in [6, 6.07) is 14.1. The summed E-state index contributed by atoms with van der Waals surface area (Å²) < 4.78 is 15.6. The Morgan fingerprint density at radius 2 is 1.80 bits per heavy atom. The van der Waals surface area contributed by atoms with Gasteiger partial charge in [0.1, 0.15) is 42.8 Å². The summed E-state index contributed by atoms with van der Waals surface area (Å²) in [6.45, 7) is 0.785. The van der Waals surface area contributed by atoms with Crippen LogP contribution < -0.4 is 25.9 Å². The third-order valence-electron chi connectivity index (χ3n) is 7.70. The van der Waals surface area contributed by atoms with Crippen LogP contribution in [0.3, 0.4) is 0 Å². The Bertz CT molecular complexity index is 1900. The minimum atomic E-state index is -1.54. The predicted molar refractivity (Wildman–Crippen MR) is 172 cm³/mol. The number of carbonyl (C=O) groups excluding carboxylic acids is 4. The first-order chi connectivity index (χ1) is 24.1. The fourth-order valence-corrected chi connectivity index (χ4v) is 5.36. The number of hydrogen-bond acceptors (Lipinski definition) is 12. The van der Waals surface area contributed by atoms with Gasteiger partial charge in [0.25, 0.3) is 0 Å². The molecule has 50 heavy (non-hydrogen) atoms. The van der Waals surface area contributed by atoms with Gasteiger partial charge in [-0.15, -0.1) is 10.2 Å². The number of aliphatic carboxylic acids is 1. The molecule has 4 aromatic rings. The van der Waals surface area contributed by atoms with E-state index >= 15 is 0 Å². The molecule has 260 valence electrons. The molecule has 0 aliphatic carbocycles. The van der Waals surface area contributed by atoms with Crippen molar-refractivity contribution in [1.29, 1.82) is 0 Å². The number of ether oxygens (including phenoxy) is 2. The van der Waals surface area contributed by atoms with E-state index in [0.717, 1.165) is 11.6 Å². The van der Waals surface area contributed by atoms with Crippen LogP contribution in [0.2, 0.25) is 0 Å². The highest BCUT2D eigenvalue weighted by molar-refractivity contribution is 6.07. The number of amides is 3. The molecule has 0 saturated heterocycles. The summed E-state index contributed by atoms with van der Waals surface area (Å²) in [5.41, 5.74) is 1.04. The van der Waals surface area contributed by atoms with Crippen LogP contribution in [0.15, 0.2) is 75.9 Å². The van der Waals surface area contributed by atoms with E-state index in [0.29, 0.717) is 11.3 Å². The number of nitrogens with zero attached hydrogens (tertiary/aromatic N) is 4. The molecule has 0 unspecified atom stereocenters. The largest absolute Gasteiger partial charge is 0.485 e. The number of H-pyrrole nitrogens is 1. The maximum atomic E-state index is 14.3. The number of benzene rings is 2. The zero-order valence-corrected chi connectivity index (χ0v) is 26.7. The number of aromatic amines is 1. The first-order valence-electron chi connectivity index (χ1n) is 15.5. The molecule has 17 heteroatoms. The molecule has 0 spiro atoms. The molecular weight excluding hydrogens is 654 g/mol. The molecule has 0 bridgehead atoms. The minimum absolute atomic E-state index is 0.000583. The van der Waals surface area contributed by atoms with Crippen molar-refractivity contribution in [3.8, 4) is 5.75 Å². The molecule has 2 aromatic carbocycles. The van der Waals surface area contributed by atoms with E-state index in [4.69, 9.17) is 13.9 Å². The minimum Gasteiger partial charge on any atom is -0.485 e. The van der Waals surface area contributed by atoms with Gasteiger partial charge in [0.05, 0.1) is 12.5 Å². The molecule has 5 rings (SSSR count). The molecule has 3 amide bonds. The molecular formula is C33H33N7O10. The Morgan fingerprint density at radius 3 is 2.52 bits per heavy atom. The van der Waals surface area contributed by atoms with Crippen LogP contribution in [-0.4, -0.2) is 80.1 Å². The molecule has 0 saturated carbocycles. The molecule has 3 atom stereocenters. The van der Waals surface area contributed by atoms with Gasteiger partial charge in [-0.25, -0.2) is 9.59 Å². The van der Waals surface area contributed by atoms with Crippen molar-refractivity contribution in [2.75, 3.05) is 11.5 Å². The summed E-state index contributed by atoms with van der Waals surface area (Å²) >= 11 is 0. The highest BCUT2D eigenvalue weighted by Crippen LogP contribution is 2.33. The molecule has 0 fully saturated rings. The number of para-hydroxylation sites is 1. The zero-order valence-electron chi connectivity index (χ0n) is 26.7. The highest BCUT2D eigenvalue weighted by atomic mass is 16.5. The average Bonchev–Trinajstić information content (AvgIpc) is 3.76. The monoisotopic (exact) mass is 687 g/mol. The van der Waals surface area contributed by atoms with E-state index in [2.05, 4.69) is 31.3 Å². The lowest BCUT2D eigenvalue weighted by Crippen LogP contribution is -2.57. The van der Waals surface area contributed by atoms with E-state index in [9.17, 15) is 33.9 Å². The molecule has 0 radical (unpaired) electrons. The van der Waals surface area contributed by atoms with Gasteiger partial charge in [0.2, 0.25) is 11.8 Å². The van der Waals surface area contributed by atoms with Crippen LogP contribution >= 0.6 is 0 Å². The second kappa shape index (κ2) is 16.1. The molecule has 1 aliphatic rings. The fraction of sp³-hybridized carbons (Fsp3) is 0.303. The number of nitrogens with one attached hydrogen (secondary N) is 3. The number of carboxylic acid groups (broad SMARTS) is 1. The Kier molecular flexibility index (Phi) is 11.3. The molecule has 1 aliphatic heterocycles. The van der Waals surface area contributed by atoms with Crippen LogP contribution in [0.1, 0.15) is 35.6 Å². The molecule has 17 nitrogen and oxygen atoms in total. The van der Waals surface area contributed by atoms with E-state index in [1.807, 2.05) is 6.07 Å². The third kappa shape index (κ3) is 9.15. The Hall–Kier alpha value is -6.39. The third-order valence-corrected chi connectivity index (χ3v) is 7.70. The van der Waals surface area contributed by atoms with E-state index < -0.39 is 66.4 Å². The second-order valence-corrected chi connectivity index (χ2v) is 11.3. The topological polar surface area (TPSA) is 236 Å². The predicted octanol–water partition coefficient (Wildman–Crippen LogP) is 1.25. The summed E-state index contributed by atoms with van der Waals surface area (Å²) in [6.07, 6.45) is -1.50. The van der Waals surface area contributed by atoms with Crippen LogP contribution in [0.25, 0.3) is 0 Å². The number of aromatic nitrogens is 4. The smallest absolute Gasteiger partial charge is 0.408 e. The number of ketones is 1. The summed E-state index contributed by atoms with van der Waals surface area (Å²) in [5, 5.41) is 28.3. The number of carbonyl (C=O) groups is 5. The Morgan fingerprint density at radius 1 is 1.04 bits per heavy atom. The van der Waals surface area contributed by atoms with Crippen molar-refractivity contribution in [1.82, 2.24) is 31.3 Å². The SMILES string of the molecule is Cc1cc(OCC(=O)[C@H](CC(=O)O)NC(=O)[C@@H]2Cc3ccccc3N2C(=O)[C@H](CCc2nn[nH]n2)NC(=O)OCc2ccccc2)cc(=O)o1. The number of aryl methyl sites for hydroxylation is 2.